The van der Waals surface area contributed by atoms with E-state index in [1.807, 2.05) is 0 Å². The molecule has 0 aliphatic carbocycles. The van der Waals surface area contributed by atoms with Crippen LogP contribution in [0.3, 0.4) is 0 Å². The van der Waals surface area contributed by atoms with Crippen LogP contribution in [0, 0.1) is 5.82 Å². The molecule has 0 radical (unpaired) electrons. The van der Waals surface area contributed by atoms with E-state index in [1.165, 1.54) is 19.2 Å². The lowest BCUT2D eigenvalue weighted by molar-refractivity contribution is 0.0601. The highest BCUT2D eigenvalue weighted by Crippen LogP contribution is 2.34. The van der Waals surface area contributed by atoms with Crippen molar-refractivity contribution in [3.8, 4) is 11.1 Å². The van der Waals surface area contributed by atoms with Crippen molar-refractivity contribution >= 4 is 17.3 Å². The number of aliphatic hydroxyl groups excluding tert-OH is 1. The Morgan fingerprint density at radius 1 is 1.25 bits per heavy atom. The summed E-state index contributed by atoms with van der Waals surface area (Å²) in [5.74, 6) is -0.867. The Morgan fingerprint density at radius 3 is 2.42 bits per heavy atom. The average molecular weight is 332 g/mol. The number of methoxy groups -OCH3 is 1. The zero-order valence-corrected chi connectivity index (χ0v) is 13.8. The summed E-state index contributed by atoms with van der Waals surface area (Å²) in [5.41, 5.74) is 8.70. The second-order valence-electron chi connectivity index (χ2n) is 5.66. The summed E-state index contributed by atoms with van der Waals surface area (Å²) in [7, 11) is 1.29. The van der Waals surface area contributed by atoms with Gasteiger partial charge >= 0.3 is 5.97 Å². The molecule has 2 unspecified atom stereocenters. The van der Waals surface area contributed by atoms with E-state index in [1.54, 1.807) is 38.1 Å². The first-order valence-corrected chi connectivity index (χ1v) is 7.56. The third kappa shape index (κ3) is 3.83. The van der Waals surface area contributed by atoms with E-state index in [4.69, 9.17) is 10.5 Å². The monoisotopic (exact) mass is 332 g/mol. The number of halogens is 1. The Labute approximate surface area is 140 Å². The first-order chi connectivity index (χ1) is 11.3. The number of carbonyl (C=O) groups is 1. The van der Waals surface area contributed by atoms with Crippen LogP contribution in [0.1, 0.15) is 24.2 Å². The zero-order valence-electron chi connectivity index (χ0n) is 13.8. The molecule has 0 saturated carbocycles. The van der Waals surface area contributed by atoms with Crippen LogP contribution in [0.5, 0.6) is 0 Å². The molecule has 0 fully saturated rings. The van der Waals surface area contributed by atoms with Gasteiger partial charge in [-0.25, -0.2) is 9.18 Å². The van der Waals surface area contributed by atoms with E-state index in [-0.39, 0.29) is 11.9 Å². The number of nitrogens with one attached hydrogen (secondary N) is 1. The van der Waals surface area contributed by atoms with Crippen molar-refractivity contribution in [2.75, 3.05) is 18.2 Å². The number of aliphatic hydroxyl groups is 1. The highest BCUT2D eigenvalue weighted by Gasteiger charge is 2.17. The van der Waals surface area contributed by atoms with Gasteiger partial charge in [0.25, 0.3) is 0 Å². The third-order valence-corrected chi connectivity index (χ3v) is 3.86. The van der Waals surface area contributed by atoms with Crippen molar-refractivity contribution < 1.29 is 19.0 Å². The fourth-order valence-corrected chi connectivity index (χ4v) is 2.24. The smallest absolute Gasteiger partial charge is 0.337 e. The molecule has 0 saturated heterocycles. The van der Waals surface area contributed by atoms with E-state index < -0.39 is 12.1 Å². The lowest BCUT2D eigenvalue weighted by atomic mass is 9.99. The molecule has 0 bridgehead atoms. The van der Waals surface area contributed by atoms with Crippen LogP contribution < -0.4 is 11.1 Å². The number of hydrogen-bond donors (Lipinski definition) is 3. The van der Waals surface area contributed by atoms with E-state index in [2.05, 4.69) is 5.32 Å². The van der Waals surface area contributed by atoms with Crippen molar-refractivity contribution in [3.63, 3.8) is 0 Å². The van der Waals surface area contributed by atoms with Gasteiger partial charge in [0, 0.05) is 11.6 Å². The molecule has 2 aromatic carbocycles. The van der Waals surface area contributed by atoms with Gasteiger partial charge in [0.1, 0.15) is 5.82 Å². The van der Waals surface area contributed by atoms with Crippen molar-refractivity contribution in [2.24, 2.45) is 0 Å². The molecular formula is C18H21FN2O3. The Hall–Kier alpha value is -2.60. The second kappa shape index (κ2) is 7.31. The van der Waals surface area contributed by atoms with Gasteiger partial charge in [-0.1, -0.05) is 12.1 Å². The van der Waals surface area contributed by atoms with E-state index in [9.17, 15) is 14.3 Å². The molecule has 2 aromatic rings. The Bertz CT molecular complexity index is 730. The molecular weight excluding hydrogens is 311 g/mol. The zero-order chi connectivity index (χ0) is 17.9. The number of benzene rings is 2. The standard InChI is InChI=1S/C18H21FN2O3/c1-10(11(2)22)21-16-9-13(18(23)24-3)8-15(17(16)20)12-4-6-14(19)7-5-12/h4-11,21-22H,20H2,1-3H3. The van der Waals surface area contributed by atoms with Gasteiger partial charge in [0.15, 0.2) is 0 Å². The Balaban J connectivity index is 2.56. The quantitative estimate of drug-likeness (QED) is 0.579. The largest absolute Gasteiger partial charge is 0.465 e. The van der Waals surface area contributed by atoms with E-state index >= 15 is 0 Å². The number of carbonyl (C=O) groups excluding carboxylic acids is 1. The molecule has 128 valence electrons. The maximum absolute atomic E-state index is 13.2. The van der Waals surface area contributed by atoms with Gasteiger partial charge in [0.2, 0.25) is 0 Å². The van der Waals surface area contributed by atoms with Crippen LogP contribution in [0.25, 0.3) is 11.1 Å². The molecule has 5 nitrogen and oxygen atoms in total. The van der Waals surface area contributed by atoms with E-state index in [0.717, 1.165) is 0 Å². The molecule has 4 N–H and O–H groups in total. The molecule has 24 heavy (non-hydrogen) atoms. The van der Waals surface area contributed by atoms with Crippen LogP contribution >= 0.6 is 0 Å². The first kappa shape index (κ1) is 17.7. The topological polar surface area (TPSA) is 84.6 Å². The number of rotatable bonds is 5. The number of anilines is 2. The fraction of sp³-hybridized carbons (Fsp3) is 0.278. The van der Waals surface area contributed by atoms with Crippen molar-refractivity contribution in [1.29, 1.82) is 0 Å². The Kier molecular flexibility index (Phi) is 5.41. The molecule has 0 aliphatic heterocycles. The normalized spacial score (nSPS) is 13.2. The predicted octanol–water partition coefficient (Wildman–Crippen LogP) is 3.04. The Morgan fingerprint density at radius 2 is 1.88 bits per heavy atom. The fourth-order valence-electron chi connectivity index (χ4n) is 2.24. The maximum Gasteiger partial charge on any atom is 0.337 e. The highest BCUT2D eigenvalue weighted by molar-refractivity contribution is 5.97. The summed E-state index contributed by atoms with van der Waals surface area (Å²) in [6.07, 6.45) is -0.611. The summed E-state index contributed by atoms with van der Waals surface area (Å²) in [4.78, 5) is 11.9. The minimum absolute atomic E-state index is 0.277. The van der Waals surface area contributed by atoms with Crippen molar-refractivity contribution in [1.82, 2.24) is 0 Å². The lowest BCUT2D eigenvalue weighted by Gasteiger charge is -2.21. The average Bonchev–Trinajstić information content (AvgIpc) is 2.56. The van der Waals surface area contributed by atoms with Crippen molar-refractivity contribution in [2.45, 2.75) is 26.0 Å². The number of ether oxygens (including phenoxy) is 1. The molecule has 0 spiro atoms. The highest BCUT2D eigenvalue weighted by atomic mass is 19.1. The summed E-state index contributed by atoms with van der Waals surface area (Å²) >= 11 is 0. The predicted molar refractivity (Wildman–Crippen MR) is 92.4 cm³/mol. The lowest BCUT2D eigenvalue weighted by Crippen LogP contribution is -2.28. The SMILES string of the molecule is COC(=O)c1cc(NC(C)C(C)O)c(N)c(-c2ccc(F)cc2)c1. The minimum atomic E-state index is -0.611. The molecule has 0 heterocycles. The van der Waals surface area contributed by atoms with Gasteiger partial charge in [-0.05, 0) is 43.7 Å². The minimum Gasteiger partial charge on any atom is -0.465 e. The summed E-state index contributed by atoms with van der Waals surface area (Å²) in [5, 5.41) is 12.8. The number of hydrogen-bond acceptors (Lipinski definition) is 5. The third-order valence-electron chi connectivity index (χ3n) is 3.86. The van der Waals surface area contributed by atoms with Crippen molar-refractivity contribution in [3.05, 3.63) is 47.8 Å². The van der Waals surface area contributed by atoms with Crippen LogP contribution in [-0.2, 0) is 4.74 Å². The van der Waals surface area contributed by atoms with Gasteiger partial charge < -0.3 is 20.9 Å². The molecule has 0 amide bonds. The van der Waals surface area contributed by atoms with Crippen LogP contribution in [0.15, 0.2) is 36.4 Å². The van der Waals surface area contributed by atoms with Gasteiger partial charge in [-0.3, -0.25) is 0 Å². The molecule has 2 rings (SSSR count). The molecule has 0 aromatic heterocycles. The van der Waals surface area contributed by atoms with Crippen LogP contribution in [-0.4, -0.2) is 30.3 Å². The number of nitrogens with two attached hydrogens (primary N) is 1. The van der Waals surface area contributed by atoms with Crippen LogP contribution in [0.2, 0.25) is 0 Å². The van der Waals surface area contributed by atoms with E-state index in [0.29, 0.717) is 28.1 Å². The summed E-state index contributed by atoms with van der Waals surface area (Å²) in [6.45, 7) is 3.45. The summed E-state index contributed by atoms with van der Waals surface area (Å²) in [6, 6.07) is 8.73. The maximum atomic E-state index is 13.2. The second-order valence-corrected chi connectivity index (χ2v) is 5.66. The van der Waals surface area contributed by atoms with Crippen LogP contribution in [0.4, 0.5) is 15.8 Å². The first-order valence-electron chi connectivity index (χ1n) is 7.56. The number of esters is 1. The molecule has 2 atom stereocenters. The molecule has 6 heteroatoms. The molecule has 0 aliphatic rings. The van der Waals surface area contributed by atoms with Gasteiger partial charge in [-0.15, -0.1) is 0 Å². The number of nitrogen functional groups attached to an aromatic ring is 1. The summed E-state index contributed by atoms with van der Waals surface area (Å²) < 4.78 is 17.9. The van der Waals surface area contributed by atoms with Gasteiger partial charge in [-0.2, -0.15) is 0 Å². The van der Waals surface area contributed by atoms with Gasteiger partial charge in [0.05, 0.1) is 30.2 Å².